The van der Waals surface area contributed by atoms with Crippen LogP contribution in [0.25, 0.3) is 0 Å². The highest BCUT2D eigenvalue weighted by Gasteiger charge is 2.09. The number of rotatable bonds is 4. The second kappa shape index (κ2) is 4.74. The molecule has 0 aliphatic rings. The standard InChI is InChI=1S/C11H12N4O3/c1-7-5-14-11(18-7)6-13-9-2-8(12)3-10(4-9)15(16)17/h2-5,13H,6,12H2,1H3. The third-order valence-corrected chi connectivity index (χ3v) is 2.26. The van der Waals surface area contributed by atoms with E-state index in [9.17, 15) is 10.1 Å². The first-order chi connectivity index (χ1) is 8.54. The van der Waals surface area contributed by atoms with Crippen molar-refractivity contribution in [1.29, 1.82) is 0 Å². The third-order valence-electron chi connectivity index (χ3n) is 2.26. The first-order valence-corrected chi connectivity index (χ1v) is 5.25. The Kier molecular flexibility index (Phi) is 3.13. The zero-order valence-corrected chi connectivity index (χ0v) is 9.71. The van der Waals surface area contributed by atoms with Crippen LogP contribution in [-0.2, 0) is 6.54 Å². The van der Waals surface area contributed by atoms with Gasteiger partial charge in [-0.1, -0.05) is 0 Å². The number of nitro groups is 1. The number of aryl methyl sites for hydroxylation is 1. The van der Waals surface area contributed by atoms with Crippen molar-refractivity contribution in [2.24, 2.45) is 0 Å². The van der Waals surface area contributed by atoms with Gasteiger partial charge in [0.05, 0.1) is 17.7 Å². The second-order valence-electron chi connectivity index (χ2n) is 3.79. The Balaban J connectivity index is 2.11. The van der Waals surface area contributed by atoms with Crippen molar-refractivity contribution in [1.82, 2.24) is 4.98 Å². The molecule has 0 amide bonds. The van der Waals surface area contributed by atoms with Gasteiger partial charge >= 0.3 is 0 Å². The number of anilines is 2. The van der Waals surface area contributed by atoms with Crippen LogP contribution in [0.2, 0.25) is 0 Å². The number of nitrogens with zero attached hydrogens (tertiary/aromatic N) is 2. The van der Waals surface area contributed by atoms with Gasteiger partial charge in [0.25, 0.3) is 5.69 Å². The average Bonchev–Trinajstić information content (AvgIpc) is 2.72. The highest BCUT2D eigenvalue weighted by atomic mass is 16.6. The van der Waals surface area contributed by atoms with Gasteiger partial charge in [-0.15, -0.1) is 0 Å². The largest absolute Gasteiger partial charge is 0.444 e. The fourth-order valence-electron chi connectivity index (χ4n) is 1.50. The SMILES string of the molecule is Cc1cnc(CNc2cc(N)cc([N+](=O)[O-])c2)o1. The van der Waals surface area contributed by atoms with Crippen LogP contribution in [0.4, 0.5) is 17.1 Å². The summed E-state index contributed by atoms with van der Waals surface area (Å²) in [5.74, 6) is 1.22. The molecule has 2 rings (SSSR count). The van der Waals surface area contributed by atoms with Crippen molar-refractivity contribution >= 4 is 17.1 Å². The molecule has 7 heteroatoms. The molecule has 18 heavy (non-hydrogen) atoms. The van der Waals surface area contributed by atoms with Gasteiger partial charge in [-0.3, -0.25) is 10.1 Å². The minimum Gasteiger partial charge on any atom is -0.444 e. The maximum Gasteiger partial charge on any atom is 0.273 e. The smallest absolute Gasteiger partial charge is 0.273 e. The quantitative estimate of drug-likeness (QED) is 0.487. The lowest BCUT2D eigenvalue weighted by atomic mass is 10.2. The minimum atomic E-state index is -0.489. The molecular formula is C11H12N4O3. The Morgan fingerprint density at radius 1 is 1.50 bits per heavy atom. The van der Waals surface area contributed by atoms with Gasteiger partial charge in [0.2, 0.25) is 5.89 Å². The first kappa shape index (κ1) is 11.9. The van der Waals surface area contributed by atoms with Crippen molar-refractivity contribution in [3.63, 3.8) is 0 Å². The summed E-state index contributed by atoms with van der Waals surface area (Å²) in [5.41, 5.74) is 6.41. The molecular weight excluding hydrogens is 236 g/mol. The van der Waals surface area contributed by atoms with Gasteiger partial charge in [0.1, 0.15) is 5.76 Å². The molecule has 2 aromatic rings. The molecule has 0 saturated heterocycles. The fourth-order valence-corrected chi connectivity index (χ4v) is 1.50. The van der Waals surface area contributed by atoms with E-state index in [0.29, 0.717) is 29.6 Å². The lowest BCUT2D eigenvalue weighted by molar-refractivity contribution is -0.384. The van der Waals surface area contributed by atoms with E-state index in [1.165, 1.54) is 12.1 Å². The van der Waals surface area contributed by atoms with E-state index in [1.54, 1.807) is 19.2 Å². The zero-order chi connectivity index (χ0) is 13.1. The topological polar surface area (TPSA) is 107 Å². The fraction of sp³-hybridized carbons (Fsp3) is 0.182. The van der Waals surface area contributed by atoms with Crippen LogP contribution in [0.3, 0.4) is 0 Å². The molecule has 7 nitrogen and oxygen atoms in total. The van der Waals surface area contributed by atoms with Gasteiger partial charge in [0.15, 0.2) is 0 Å². The molecule has 0 bridgehead atoms. The monoisotopic (exact) mass is 248 g/mol. The molecule has 1 aromatic carbocycles. The molecule has 0 aliphatic carbocycles. The van der Waals surface area contributed by atoms with Gasteiger partial charge in [-0.05, 0) is 13.0 Å². The van der Waals surface area contributed by atoms with E-state index < -0.39 is 4.92 Å². The summed E-state index contributed by atoms with van der Waals surface area (Å²) < 4.78 is 5.27. The molecule has 3 N–H and O–H groups in total. The highest BCUT2D eigenvalue weighted by Crippen LogP contribution is 2.22. The van der Waals surface area contributed by atoms with Gasteiger partial charge in [-0.25, -0.2) is 4.98 Å². The van der Waals surface area contributed by atoms with Crippen LogP contribution < -0.4 is 11.1 Å². The van der Waals surface area contributed by atoms with E-state index in [4.69, 9.17) is 10.2 Å². The number of nitrogen functional groups attached to an aromatic ring is 1. The van der Waals surface area contributed by atoms with E-state index >= 15 is 0 Å². The summed E-state index contributed by atoms with van der Waals surface area (Å²) in [5, 5.41) is 13.6. The summed E-state index contributed by atoms with van der Waals surface area (Å²) in [7, 11) is 0. The summed E-state index contributed by atoms with van der Waals surface area (Å²) in [6.45, 7) is 2.14. The maximum absolute atomic E-state index is 10.7. The van der Waals surface area contributed by atoms with Crippen LogP contribution in [0.1, 0.15) is 11.7 Å². The predicted molar refractivity (Wildman–Crippen MR) is 66.1 cm³/mol. The number of benzene rings is 1. The minimum absolute atomic E-state index is 0.0546. The number of hydrogen-bond acceptors (Lipinski definition) is 6. The number of oxazole rings is 1. The Morgan fingerprint density at radius 3 is 2.89 bits per heavy atom. The Labute approximate surface area is 103 Å². The number of non-ortho nitro benzene ring substituents is 1. The summed E-state index contributed by atoms with van der Waals surface area (Å²) in [6.07, 6.45) is 1.61. The Hall–Kier alpha value is -2.57. The number of nitrogens with one attached hydrogen (secondary N) is 1. The van der Waals surface area contributed by atoms with E-state index in [-0.39, 0.29) is 5.69 Å². The molecule has 0 radical (unpaired) electrons. The lowest BCUT2D eigenvalue weighted by Crippen LogP contribution is -2.01. The van der Waals surface area contributed by atoms with Crippen molar-refractivity contribution in [2.75, 3.05) is 11.1 Å². The molecule has 1 heterocycles. The highest BCUT2D eigenvalue weighted by molar-refractivity contribution is 5.61. The average molecular weight is 248 g/mol. The van der Waals surface area contributed by atoms with Crippen molar-refractivity contribution in [3.05, 3.63) is 46.2 Å². The Bertz CT molecular complexity index is 579. The van der Waals surface area contributed by atoms with Crippen molar-refractivity contribution in [2.45, 2.75) is 13.5 Å². The molecule has 0 spiro atoms. The van der Waals surface area contributed by atoms with Crippen LogP contribution in [0.15, 0.2) is 28.8 Å². The zero-order valence-electron chi connectivity index (χ0n) is 9.71. The third kappa shape index (κ3) is 2.76. The molecule has 94 valence electrons. The van der Waals surface area contributed by atoms with Gasteiger partial charge < -0.3 is 15.5 Å². The van der Waals surface area contributed by atoms with Crippen LogP contribution >= 0.6 is 0 Å². The summed E-state index contributed by atoms with van der Waals surface area (Å²) in [6, 6.07) is 4.33. The van der Waals surface area contributed by atoms with Crippen LogP contribution in [0, 0.1) is 17.0 Å². The first-order valence-electron chi connectivity index (χ1n) is 5.25. The number of hydrogen-bond donors (Lipinski definition) is 2. The normalized spacial score (nSPS) is 10.3. The molecule has 1 aromatic heterocycles. The van der Waals surface area contributed by atoms with Crippen molar-refractivity contribution in [3.8, 4) is 0 Å². The maximum atomic E-state index is 10.7. The predicted octanol–water partition coefficient (Wildman–Crippen LogP) is 2.09. The molecule has 0 fully saturated rings. The molecule has 0 saturated carbocycles. The number of aromatic nitrogens is 1. The van der Waals surface area contributed by atoms with E-state index in [1.807, 2.05) is 0 Å². The van der Waals surface area contributed by atoms with E-state index in [0.717, 1.165) is 0 Å². The van der Waals surface area contributed by atoms with Crippen LogP contribution in [0.5, 0.6) is 0 Å². The molecule has 0 unspecified atom stereocenters. The van der Waals surface area contributed by atoms with E-state index in [2.05, 4.69) is 10.3 Å². The Morgan fingerprint density at radius 2 is 2.28 bits per heavy atom. The second-order valence-corrected chi connectivity index (χ2v) is 3.79. The van der Waals surface area contributed by atoms with Gasteiger partial charge in [0, 0.05) is 23.5 Å². The number of nitrogens with two attached hydrogens (primary N) is 1. The lowest BCUT2D eigenvalue weighted by Gasteiger charge is -2.04. The summed E-state index contributed by atoms with van der Waals surface area (Å²) in [4.78, 5) is 14.2. The van der Waals surface area contributed by atoms with Crippen LogP contribution in [-0.4, -0.2) is 9.91 Å². The number of nitro benzene ring substituents is 1. The molecule has 0 atom stereocenters. The molecule has 0 aliphatic heterocycles. The van der Waals surface area contributed by atoms with Crippen molar-refractivity contribution < 1.29 is 9.34 Å². The van der Waals surface area contributed by atoms with Gasteiger partial charge in [-0.2, -0.15) is 0 Å². The summed E-state index contributed by atoms with van der Waals surface area (Å²) >= 11 is 0.